The lowest BCUT2D eigenvalue weighted by molar-refractivity contribution is -0.140. The van der Waals surface area contributed by atoms with Gasteiger partial charge in [-0.25, -0.2) is 0 Å². The van der Waals surface area contributed by atoms with Crippen molar-refractivity contribution in [1.82, 2.24) is 0 Å². The smallest absolute Gasteiger partial charge is 0.307 e. The van der Waals surface area contributed by atoms with Crippen LogP contribution in [0.15, 0.2) is 24.3 Å². The van der Waals surface area contributed by atoms with E-state index in [-0.39, 0.29) is 11.7 Å². The van der Waals surface area contributed by atoms with Crippen molar-refractivity contribution in [3.63, 3.8) is 0 Å². The fourth-order valence-electron chi connectivity index (χ4n) is 2.39. The van der Waals surface area contributed by atoms with Gasteiger partial charge in [0.05, 0.1) is 11.8 Å². The van der Waals surface area contributed by atoms with Gasteiger partial charge < -0.3 is 15.5 Å². The van der Waals surface area contributed by atoms with Gasteiger partial charge in [-0.05, 0) is 17.5 Å². The molecule has 0 heterocycles. The maximum absolute atomic E-state index is 12.0. The molecule has 3 N–H and O–H groups in total. The summed E-state index contributed by atoms with van der Waals surface area (Å²) in [6, 6.07) is 6.17. The van der Waals surface area contributed by atoms with Crippen LogP contribution in [-0.4, -0.2) is 22.1 Å². The lowest BCUT2D eigenvalue weighted by atomic mass is 10.1. The summed E-state index contributed by atoms with van der Waals surface area (Å²) in [7, 11) is 0. The molecule has 0 spiro atoms. The van der Waals surface area contributed by atoms with E-state index in [1.54, 1.807) is 26.0 Å². The maximum atomic E-state index is 12.0. The second-order valence-corrected chi connectivity index (χ2v) is 5.15. The number of anilines is 1. The molecule has 1 amide bonds. The van der Waals surface area contributed by atoms with Gasteiger partial charge in [0, 0.05) is 11.8 Å². The van der Waals surface area contributed by atoms with Crippen LogP contribution in [0, 0.1) is 17.3 Å². The van der Waals surface area contributed by atoms with E-state index < -0.39 is 23.2 Å². The molecule has 0 saturated heterocycles. The van der Waals surface area contributed by atoms with Gasteiger partial charge in [0.15, 0.2) is 0 Å². The number of hydrogen-bond acceptors (Lipinski definition) is 3. The lowest BCUT2D eigenvalue weighted by Gasteiger charge is -2.06. The Morgan fingerprint density at radius 3 is 2.44 bits per heavy atom. The summed E-state index contributed by atoms with van der Waals surface area (Å²) < 4.78 is 0. The molecule has 2 rings (SSSR count). The number of hydrogen-bond donors (Lipinski definition) is 3. The molecule has 96 valence electrons. The Bertz CT molecular complexity index is 509. The largest absolute Gasteiger partial charge is 0.508 e. The molecule has 0 aliphatic heterocycles. The second kappa shape index (κ2) is 4.01. The first kappa shape index (κ1) is 12.4. The Morgan fingerprint density at radius 1 is 1.28 bits per heavy atom. The average molecular weight is 249 g/mol. The zero-order valence-electron chi connectivity index (χ0n) is 10.2. The Balaban J connectivity index is 2.08. The van der Waals surface area contributed by atoms with Gasteiger partial charge in [0.1, 0.15) is 5.75 Å². The number of rotatable bonds is 3. The normalized spacial score (nSPS) is 24.3. The minimum Gasteiger partial charge on any atom is -0.508 e. The van der Waals surface area contributed by atoms with Crippen LogP contribution in [0.2, 0.25) is 0 Å². The molecule has 1 aliphatic carbocycles. The van der Waals surface area contributed by atoms with Gasteiger partial charge in [-0.1, -0.05) is 19.9 Å². The van der Waals surface area contributed by atoms with Crippen LogP contribution < -0.4 is 5.32 Å². The van der Waals surface area contributed by atoms with Crippen LogP contribution in [-0.2, 0) is 9.59 Å². The Morgan fingerprint density at radius 2 is 1.94 bits per heavy atom. The van der Waals surface area contributed by atoms with Crippen LogP contribution in [0.4, 0.5) is 5.69 Å². The average Bonchev–Trinajstić information content (AvgIpc) is 2.81. The van der Waals surface area contributed by atoms with Crippen LogP contribution >= 0.6 is 0 Å². The van der Waals surface area contributed by atoms with E-state index in [1.165, 1.54) is 12.1 Å². The topological polar surface area (TPSA) is 86.6 Å². The molecule has 5 nitrogen and oxygen atoms in total. The fourth-order valence-corrected chi connectivity index (χ4v) is 2.39. The first-order chi connectivity index (χ1) is 8.34. The van der Waals surface area contributed by atoms with Crippen LogP contribution in [0.25, 0.3) is 0 Å². The predicted molar refractivity (Wildman–Crippen MR) is 65.1 cm³/mol. The molecule has 1 saturated carbocycles. The number of phenolic OH excluding ortho intramolecular Hbond substituents is 1. The number of carboxylic acid groups (broad SMARTS) is 1. The number of nitrogens with one attached hydrogen (secondary N) is 1. The monoisotopic (exact) mass is 249 g/mol. The summed E-state index contributed by atoms with van der Waals surface area (Å²) in [4.78, 5) is 22.9. The van der Waals surface area contributed by atoms with E-state index in [1.807, 2.05) is 0 Å². The molecule has 0 unspecified atom stereocenters. The summed E-state index contributed by atoms with van der Waals surface area (Å²) in [5.41, 5.74) is -0.0564. The van der Waals surface area contributed by atoms with Crippen LogP contribution in [0.3, 0.4) is 0 Å². The number of benzene rings is 1. The Labute approximate surface area is 104 Å². The first-order valence-corrected chi connectivity index (χ1v) is 5.66. The molecular formula is C13H15NO4. The highest BCUT2D eigenvalue weighted by atomic mass is 16.4. The Kier molecular flexibility index (Phi) is 2.77. The number of carbonyl (C=O) groups is 2. The molecule has 5 heteroatoms. The third kappa shape index (κ3) is 2.03. The first-order valence-electron chi connectivity index (χ1n) is 5.66. The number of phenols is 1. The zero-order chi connectivity index (χ0) is 13.5. The van der Waals surface area contributed by atoms with Gasteiger partial charge in [0.2, 0.25) is 5.91 Å². The SMILES string of the molecule is CC1(C)[C@H](C(=O)O)[C@H]1C(=O)Nc1cccc(O)c1. The third-order valence-electron chi connectivity index (χ3n) is 3.49. The minimum atomic E-state index is -0.948. The minimum absolute atomic E-state index is 0.0534. The molecule has 0 aromatic heterocycles. The van der Waals surface area contributed by atoms with Crippen molar-refractivity contribution in [2.75, 3.05) is 5.32 Å². The molecule has 1 fully saturated rings. The van der Waals surface area contributed by atoms with E-state index >= 15 is 0 Å². The number of aromatic hydroxyl groups is 1. The van der Waals surface area contributed by atoms with Crippen molar-refractivity contribution in [2.24, 2.45) is 17.3 Å². The van der Waals surface area contributed by atoms with Gasteiger partial charge in [-0.3, -0.25) is 9.59 Å². The van der Waals surface area contributed by atoms with Crippen molar-refractivity contribution in [1.29, 1.82) is 0 Å². The van der Waals surface area contributed by atoms with Crippen molar-refractivity contribution in [3.05, 3.63) is 24.3 Å². The highest BCUT2D eigenvalue weighted by Gasteiger charge is 2.65. The molecule has 1 aromatic carbocycles. The number of aliphatic carboxylic acids is 1. The van der Waals surface area contributed by atoms with E-state index in [4.69, 9.17) is 5.11 Å². The molecule has 1 aliphatic rings. The van der Waals surface area contributed by atoms with Gasteiger partial charge in [-0.15, -0.1) is 0 Å². The van der Waals surface area contributed by atoms with Gasteiger partial charge in [0.25, 0.3) is 0 Å². The third-order valence-corrected chi connectivity index (χ3v) is 3.49. The molecule has 0 radical (unpaired) electrons. The van der Waals surface area contributed by atoms with E-state index in [2.05, 4.69) is 5.32 Å². The number of carbonyl (C=O) groups excluding carboxylic acids is 1. The molecule has 1 aromatic rings. The highest BCUT2D eigenvalue weighted by molar-refractivity contribution is 5.99. The van der Waals surface area contributed by atoms with Crippen LogP contribution in [0.1, 0.15) is 13.8 Å². The Hall–Kier alpha value is -2.04. The maximum Gasteiger partial charge on any atom is 0.307 e. The lowest BCUT2D eigenvalue weighted by Crippen LogP contribution is -2.17. The molecule has 0 bridgehead atoms. The van der Waals surface area contributed by atoms with E-state index in [9.17, 15) is 14.7 Å². The standard InChI is InChI=1S/C13H15NO4/c1-13(2)9(10(13)12(17)18)11(16)14-7-4-3-5-8(15)6-7/h3-6,9-10,15H,1-2H3,(H,14,16)(H,17,18)/t9-,10-/m0/s1. The van der Waals surface area contributed by atoms with Crippen molar-refractivity contribution in [2.45, 2.75) is 13.8 Å². The molecular weight excluding hydrogens is 234 g/mol. The summed E-state index contributed by atoms with van der Waals surface area (Å²) in [5, 5.41) is 20.9. The highest BCUT2D eigenvalue weighted by Crippen LogP contribution is 2.58. The van der Waals surface area contributed by atoms with Gasteiger partial charge >= 0.3 is 5.97 Å². The summed E-state index contributed by atoms with van der Waals surface area (Å²) in [6.45, 7) is 3.52. The molecule has 18 heavy (non-hydrogen) atoms. The summed E-state index contributed by atoms with van der Waals surface area (Å²) in [6.07, 6.45) is 0. The van der Waals surface area contributed by atoms with Gasteiger partial charge in [-0.2, -0.15) is 0 Å². The number of carboxylic acids is 1. The van der Waals surface area contributed by atoms with Crippen molar-refractivity contribution in [3.8, 4) is 5.75 Å². The fraction of sp³-hybridized carbons (Fsp3) is 0.385. The quantitative estimate of drug-likeness (QED) is 0.760. The second-order valence-electron chi connectivity index (χ2n) is 5.15. The summed E-state index contributed by atoms with van der Waals surface area (Å²) in [5.74, 6) is -2.39. The van der Waals surface area contributed by atoms with Crippen LogP contribution in [0.5, 0.6) is 5.75 Å². The predicted octanol–water partition coefficient (Wildman–Crippen LogP) is 1.69. The number of amides is 1. The van der Waals surface area contributed by atoms with E-state index in [0.717, 1.165) is 0 Å². The van der Waals surface area contributed by atoms with E-state index in [0.29, 0.717) is 5.69 Å². The zero-order valence-corrected chi connectivity index (χ0v) is 10.2. The van der Waals surface area contributed by atoms with Crippen molar-refractivity contribution < 1.29 is 19.8 Å². The van der Waals surface area contributed by atoms with Crippen molar-refractivity contribution >= 4 is 17.6 Å². The summed E-state index contributed by atoms with van der Waals surface area (Å²) >= 11 is 0. The molecule has 2 atom stereocenters.